The Balaban J connectivity index is 1.85. The van der Waals surface area contributed by atoms with Crippen molar-refractivity contribution in [3.63, 3.8) is 0 Å². The first kappa shape index (κ1) is 14.6. The Hall–Kier alpha value is -2.38. The van der Waals surface area contributed by atoms with Gasteiger partial charge in [-0.2, -0.15) is 5.26 Å². The summed E-state index contributed by atoms with van der Waals surface area (Å²) in [6, 6.07) is 12.9. The molecule has 0 unspecified atom stereocenters. The zero-order chi connectivity index (χ0) is 15.7. The van der Waals surface area contributed by atoms with Crippen LogP contribution in [-0.4, -0.2) is 5.91 Å². The highest BCUT2D eigenvalue weighted by Gasteiger charge is 2.47. The van der Waals surface area contributed by atoms with Gasteiger partial charge in [0.25, 0.3) is 5.91 Å². The third-order valence-corrected chi connectivity index (χ3v) is 4.16. The summed E-state index contributed by atoms with van der Waals surface area (Å²) in [6.45, 7) is 0. The molecule has 110 valence electrons. The SMILES string of the molecule is N#Cc1ccc(C(=O)NC2(c3ccccc3F)CC2)cc1Cl. The van der Waals surface area contributed by atoms with Crippen LogP contribution < -0.4 is 5.32 Å². The normalized spacial score (nSPS) is 15.0. The molecule has 3 rings (SSSR count). The lowest BCUT2D eigenvalue weighted by molar-refractivity contribution is 0.0930. The second-order valence-electron chi connectivity index (χ2n) is 5.32. The highest BCUT2D eigenvalue weighted by molar-refractivity contribution is 6.32. The summed E-state index contributed by atoms with van der Waals surface area (Å²) < 4.78 is 13.9. The largest absolute Gasteiger partial charge is 0.342 e. The van der Waals surface area contributed by atoms with Gasteiger partial charge >= 0.3 is 0 Å². The fraction of sp³-hybridized carbons (Fsp3) is 0.176. The summed E-state index contributed by atoms with van der Waals surface area (Å²) in [7, 11) is 0. The van der Waals surface area contributed by atoms with Gasteiger partial charge in [-0.15, -0.1) is 0 Å². The van der Waals surface area contributed by atoms with Crippen molar-refractivity contribution < 1.29 is 9.18 Å². The fourth-order valence-electron chi connectivity index (χ4n) is 2.47. The Morgan fingerprint density at radius 1 is 1.27 bits per heavy atom. The average Bonchev–Trinajstić information content (AvgIpc) is 3.28. The van der Waals surface area contributed by atoms with E-state index in [1.165, 1.54) is 24.3 Å². The predicted molar refractivity (Wildman–Crippen MR) is 80.9 cm³/mol. The van der Waals surface area contributed by atoms with Gasteiger partial charge in [-0.1, -0.05) is 29.8 Å². The van der Waals surface area contributed by atoms with Crippen molar-refractivity contribution in [2.75, 3.05) is 0 Å². The molecule has 0 spiro atoms. The summed E-state index contributed by atoms with van der Waals surface area (Å²) >= 11 is 5.94. The summed E-state index contributed by atoms with van der Waals surface area (Å²) in [5.74, 6) is -0.648. The van der Waals surface area contributed by atoms with Crippen molar-refractivity contribution in [3.05, 3.63) is 70.0 Å². The van der Waals surface area contributed by atoms with Crippen molar-refractivity contribution in [2.45, 2.75) is 18.4 Å². The van der Waals surface area contributed by atoms with Crippen LogP contribution in [0, 0.1) is 17.1 Å². The van der Waals surface area contributed by atoms with Crippen molar-refractivity contribution >= 4 is 17.5 Å². The second kappa shape index (κ2) is 5.43. The number of carbonyl (C=O) groups is 1. The smallest absolute Gasteiger partial charge is 0.252 e. The van der Waals surface area contributed by atoms with E-state index in [4.69, 9.17) is 16.9 Å². The number of hydrogen-bond acceptors (Lipinski definition) is 2. The maximum absolute atomic E-state index is 13.9. The van der Waals surface area contributed by atoms with Crippen LogP contribution in [0.1, 0.15) is 34.3 Å². The lowest BCUT2D eigenvalue weighted by Crippen LogP contribution is -2.35. The zero-order valence-electron chi connectivity index (χ0n) is 11.6. The Morgan fingerprint density at radius 3 is 2.59 bits per heavy atom. The molecular weight excluding hydrogens is 303 g/mol. The van der Waals surface area contributed by atoms with E-state index in [0.29, 0.717) is 29.5 Å². The summed E-state index contributed by atoms with van der Waals surface area (Å²) in [5, 5.41) is 12.0. The Kier molecular flexibility index (Phi) is 3.59. The van der Waals surface area contributed by atoms with E-state index in [-0.39, 0.29) is 16.7 Å². The van der Waals surface area contributed by atoms with E-state index in [1.807, 2.05) is 6.07 Å². The van der Waals surface area contributed by atoms with E-state index in [0.717, 1.165) is 0 Å². The number of nitrogens with zero attached hydrogens (tertiary/aromatic N) is 1. The molecule has 1 aliphatic rings. The lowest BCUT2D eigenvalue weighted by Gasteiger charge is -2.18. The van der Waals surface area contributed by atoms with E-state index in [2.05, 4.69) is 5.32 Å². The van der Waals surface area contributed by atoms with Gasteiger partial charge in [0.15, 0.2) is 0 Å². The van der Waals surface area contributed by atoms with Crippen LogP contribution in [0.5, 0.6) is 0 Å². The molecule has 0 radical (unpaired) electrons. The van der Waals surface area contributed by atoms with Gasteiger partial charge in [-0.05, 0) is 37.1 Å². The molecular formula is C17H12ClFN2O. The lowest BCUT2D eigenvalue weighted by atomic mass is 10.0. The van der Waals surface area contributed by atoms with Gasteiger partial charge in [0.2, 0.25) is 0 Å². The van der Waals surface area contributed by atoms with Crippen molar-refractivity contribution in [2.24, 2.45) is 0 Å². The maximum atomic E-state index is 13.9. The molecule has 0 aliphatic heterocycles. The number of halogens is 2. The van der Waals surface area contributed by atoms with Crippen LogP contribution in [0.2, 0.25) is 5.02 Å². The molecule has 1 aliphatic carbocycles. The van der Waals surface area contributed by atoms with Gasteiger partial charge in [-0.3, -0.25) is 4.79 Å². The van der Waals surface area contributed by atoms with Crippen LogP contribution in [0.25, 0.3) is 0 Å². The minimum atomic E-state index is -0.636. The number of benzene rings is 2. The number of hydrogen-bond donors (Lipinski definition) is 1. The van der Waals surface area contributed by atoms with Gasteiger partial charge in [0.05, 0.1) is 16.1 Å². The highest BCUT2D eigenvalue weighted by Crippen LogP contribution is 2.46. The van der Waals surface area contributed by atoms with E-state index in [1.54, 1.807) is 18.2 Å². The third kappa shape index (κ3) is 2.56. The van der Waals surface area contributed by atoms with Crippen molar-refractivity contribution in [1.82, 2.24) is 5.32 Å². The minimum absolute atomic E-state index is 0.228. The van der Waals surface area contributed by atoms with Crippen LogP contribution in [-0.2, 0) is 5.54 Å². The first-order chi connectivity index (χ1) is 10.6. The monoisotopic (exact) mass is 314 g/mol. The van der Waals surface area contributed by atoms with Gasteiger partial charge < -0.3 is 5.32 Å². The molecule has 1 N–H and O–H groups in total. The molecule has 1 saturated carbocycles. The highest BCUT2D eigenvalue weighted by atomic mass is 35.5. The van der Waals surface area contributed by atoms with E-state index >= 15 is 0 Å². The molecule has 0 bridgehead atoms. The second-order valence-corrected chi connectivity index (χ2v) is 5.73. The van der Waals surface area contributed by atoms with Gasteiger partial charge in [0, 0.05) is 11.1 Å². The summed E-state index contributed by atoms with van der Waals surface area (Å²) in [6.07, 6.45) is 1.40. The van der Waals surface area contributed by atoms with Crippen LogP contribution >= 0.6 is 11.6 Å². The predicted octanol–water partition coefficient (Wildman–Crippen LogP) is 3.77. The third-order valence-electron chi connectivity index (χ3n) is 3.84. The molecule has 5 heteroatoms. The number of rotatable bonds is 3. The Labute approximate surface area is 132 Å². The quantitative estimate of drug-likeness (QED) is 0.937. The Morgan fingerprint density at radius 2 is 2.00 bits per heavy atom. The molecule has 1 amide bonds. The minimum Gasteiger partial charge on any atom is -0.342 e. The molecule has 0 atom stereocenters. The first-order valence-corrected chi connectivity index (χ1v) is 7.21. The number of nitriles is 1. The molecule has 2 aromatic carbocycles. The number of nitrogens with one attached hydrogen (secondary N) is 1. The van der Waals surface area contributed by atoms with Crippen molar-refractivity contribution in [3.8, 4) is 6.07 Å². The van der Waals surface area contributed by atoms with E-state index in [9.17, 15) is 9.18 Å². The van der Waals surface area contributed by atoms with E-state index < -0.39 is 5.54 Å². The molecule has 0 heterocycles. The Bertz CT molecular complexity index is 793. The molecule has 0 aromatic heterocycles. The first-order valence-electron chi connectivity index (χ1n) is 6.83. The fourth-order valence-corrected chi connectivity index (χ4v) is 2.70. The zero-order valence-corrected chi connectivity index (χ0v) is 12.3. The summed E-state index contributed by atoms with van der Waals surface area (Å²) in [4.78, 5) is 12.4. The van der Waals surface area contributed by atoms with Crippen LogP contribution in [0.3, 0.4) is 0 Å². The van der Waals surface area contributed by atoms with Gasteiger partial charge in [-0.25, -0.2) is 4.39 Å². The standard InChI is InChI=1S/C17H12ClFN2O/c18-14-9-11(5-6-12(14)10-20)16(22)21-17(7-8-17)13-3-1-2-4-15(13)19/h1-6,9H,7-8H2,(H,21,22). The van der Waals surface area contributed by atoms with Gasteiger partial charge in [0.1, 0.15) is 11.9 Å². The van der Waals surface area contributed by atoms with Crippen LogP contribution in [0.15, 0.2) is 42.5 Å². The molecule has 22 heavy (non-hydrogen) atoms. The molecule has 3 nitrogen and oxygen atoms in total. The molecule has 1 fully saturated rings. The topological polar surface area (TPSA) is 52.9 Å². The van der Waals surface area contributed by atoms with Crippen LogP contribution in [0.4, 0.5) is 4.39 Å². The number of amides is 1. The maximum Gasteiger partial charge on any atom is 0.252 e. The average molecular weight is 315 g/mol. The van der Waals surface area contributed by atoms with Crippen molar-refractivity contribution in [1.29, 1.82) is 5.26 Å². The summed E-state index contributed by atoms with van der Waals surface area (Å²) in [5.41, 5.74) is 0.533. The molecule has 2 aromatic rings. The molecule has 0 saturated heterocycles. The number of carbonyl (C=O) groups excluding carboxylic acids is 1.